The third-order valence-corrected chi connectivity index (χ3v) is 4.69. The molecule has 1 aromatic carbocycles. The number of nitrogens with one attached hydrogen (secondary N) is 1. The lowest BCUT2D eigenvalue weighted by molar-refractivity contribution is -0.0450. The normalized spacial score (nSPS) is 19.2. The number of rotatable bonds is 5. The van der Waals surface area contributed by atoms with E-state index in [2.05, 4.69) is 10.1 Å². The van der Waals surface area contributed by atoms with E-state index in [-0.39, 0.29) is 18.2 Å². The molecule has 1 fully saturated rings. The van der Waals surface area contributed by atoms with Gasteiger partial charge in [-0.1, -0.05) is 30.7 Å². The minimum absolute atomic E-state index is 0.0438. The van der Waals surface area contributed by atoms with Crippen molar-refractivity contribution in [2.24, 2.45) is 11.8 Å². The third-order valence-electron chi connectivity index (χ3n) is 4.44. The van der Waals surface area contributed by atoms with Gasteiger partial charge in [-0.2, -0.15) is 5.10 Å². The summed E-state index contributed by atoms with van der Waals surface area (Å²) in [6.07, 6.45) is 3.57. The lowest BCUT2D eigenvalue weighted by Gasteiger charge is -2.34. The summed E-state index contributed by atoms with van der Waals surface area (Å²) in [6.45, 7) is 2.17. The van der Waals surface area contributed by atoms with Crippen LogP contribution < -0.4 is 5.69 Å². The van der Waals surface area contributed by atoms with E-state index in [9.17, 15) is 9.90 Å². The van der Waals surface area contributed by atoms with Crippen LogP contribution in [-0.4, -0.2) is 19.9 Å². The van der Waals surface area contributed by atoms with Crippen LogP contribution in [0.1, 0.15) is 25.3 Å². The summed E-state index contributed by atoms with van der Waals surface area (Å²) in [6, 6.07) is 7.15. The topological polar surface area (TPSA) is 70.9 Å². The molecule has 0 spiro atoms. The van der Waals surface area contributed by atoms with Crippen molar-refractivity contribution in [3.05, 3.63) is 51.7 Å². The van der Waals surface area contributed by atoms with Crippen molar-refractivity contribution < 1.29 is 5.11 Å². The number of halogens is 1. The Hall–Kier alpha value is -1.59. The standard InChI is InChI=1S/C15H18ClN3O2/c1-10(11-2-3-11)15(21,8-19-14(20)17-9-18-19)12-4-6-13(16)7-5-12/h4-7,9-11,21H,2-3,8H2,1H3,(H,17,18,20). The molecule has 6 heteroatoms. The Kier molecular flexibility index (Phi) is 3.63. The molecular formula is C15H18ClN3O2. The van der Waals surface area contributed by atoms with Crippen molar-refractivity contribution in [3.8, 4) is 0 Å². The predicted molar refractivity (Wildman–Crippen MR) is 80.1 cm³/mol. The zero-order chi connectivity index (χ0) is 15.0. The molecule has 0 saturated heterocycles. The number of aromatic nitrogens is 3. The van der Waals surface area contributed by atoms with Gasteiger partial charge in [0.1, 0.15) is 11.9 Å². The molecule has 2 unspecified atom stereocenters. The Morgan fingerprint density at radius 3 is 2.67 bits per heavy atom. The highest BCUT2D eigenvalue weighted by molar-refractivity contribution is 6.30. The Morgan fingerprint density at radius 1 is 1.48 bits per heavy atom. The van der Waals surface area contributed by atoms with Gasteiger partial charge in [0, 0.05) is 5.02 Å². The second-order valence-corrected chi connectivity index (χ2v) is 6.25. The van der Waals surface area contributed by atoms with Crippen molar-refractivity contribution in [1.82, 2.24) is 14.8 Å². The van der Waals surface area contributed by atoms with Crippen LogP contribution in [0, 0.1) is 11.8 Å². The van der Waals surface area contributed by atoms with Gasteiger partial charge in [0.05, 0.1) is 6.54 Å². The number of hydrogen-bond donors (Lipinski definition) is 2. The molecule has 21 heavy (non-hydrogen) atoms. The number of aromatic amines is 1. The molecule has 0 radical (unpaired) electrons. The Balaban J connectivity index is 1.99. The van der Waals surface area contributed by atoms with Gasteiger partial charge in [-0.15, -0.1) is 0 Å². The van der Waals surface area contributed by atoms with Gasteiger partial charge < -0.3 is 5.11 Å². The van der Waals surface area contributed by atoms with Gasteiger partial charge in [0.25, 0.3) is 0 Å². The highest BCUT2D eigenvalue weighted by Gasteiger charge is 2.44. The molecule has 2 N–H and O–H groups in total. The van der Waals surface area contributed by atoms with Crippen LogP contribution in [0.4, 0.5) is 0 Å². The predicted octanol–water partition coefficient (Wildman–Crippen LogP) is 2.16. The van der Waals surface area contributed by atoms with Crippen LogP contribution in [0.5, 0.6) is 0 Å². The van der Waals surface area contributed by atoms with Crippen LogP contribution in [0.15, 0.2) is 35.4 Å². The summed E-state index contributed by atoms with van der Waals surface area (Å²) in [7, 11) is 0. The van der Waals surface area contributed by atoms with Crippen LogP contribution in [-0.2, 0) is 12.1 Å². The van der Waals surface area contributed by atoms with E-state index in [1.807, 2.05) is 19.1 Å². The average Bonchev–Trinajstić information content (AvgIpc) is 3.24. The average molecular weight is 308 g/mol. The second kappa shape index (κ2) is 5.31. The summed E-state index contributed by atoms with van der Waals surface area (Å²) in [5, 5.41) is 15.9. The highest BCUT2D eigenvalue weighted by Crippen LogP contribution is 2.46. The number of hydrogen-bond acceptors (Lipinski definition) is 3. The van der Waals surface area contributed by atoms with E-state index in [1.54, 1.807) is 12.1 Å². The van der Waals surface area contributed by atoms with Crippen molar-refractivity contribution in [2.45, 2.75) is 31.9 Å². The fourth-order valence-corrected chi connectivity index (χ4v) is 2.97. The zero-order valence-corrected chi connectivity index (χ0v) is 12.5. The maximum Gasteiger partial charge on any atom is 0.343 e. The van der Waals surface area contributed by atoms with Crippen LogP contribution >= 0.6 is 11.6 Å². The van der Waals surface area contributed by atoms with E-state index < -0.39 is 5.60 Å². The van der Waals surface area contributed by atoms with Crippen molar-refractivity contribution in [2.75, 3.05) is 0 Å². The fraction of sp³-hybridized carbons (Fsp3) is 0.467. The van der Waals surface area contributed by atoms with E-state index in [0.717, 1.165) is 18.4 Å². The summed E-state index contributed by atoms with van der Waals surface area (Å²) in [5.41, 5.74) is -0.684. The highest BCUT2D eigenvalue weighted by atomic mass is 35.5. The van der Waals surface area contributed by atoms with Gasteiger partial charge in [-0.05, 0) is 42.4 Å². The lowest BCUT2D eigenvalue weighted by atomic mass is 9.79. The second-order valence-electron chi connectivity index (χ2n) is 5.81. The van der Waals surface area contributed by atoms with Gasteiger partial charge in [-0.25, -0.2) is 9.48 Å². The third kappa shape index (κ3) is 2.76. The molecule has 2 aromatic rings. The summed E-state index contributed by atoms with van der Waals surface area (Å²) in [4.78, 5) is 14.2. The molecule has 1 saturated carbocycles. The van der Waals surface area contributed by atoms with Crippen molar-refractivity contribution >= 4 is 11.6 Å². The first-order valence-electron chi connectivity index (χ1n) is 7.09. The van der Waals surface area contributed by atoms with Gasteiger partial charge >= 0.3 is 5.69 Å². The molecular weight excluding hydrogens is 290 g/mol. The quantitative estimate of drug-likeness (QED) is 0.889. The van der Waals surface area contributed by atoms with E-state index in [0.29, 0.717) is 10.9 Å². The first-order chi connectivity index (χ1) is 10.0. The minimum Gasteiger partial charge on any atom is -0.383 e. The maximum atomic E-state index is 11.7. The fourth-order valence-electron chi connectivity index (χ4n) is 2.84. The molecule has 1 heterocycles. The number of benzene rings is 1. The SMILES string of the molecule is CC(C1CC1)C(O)(Cn1nc[nH]c1=O)c1ccc(Cl)cc1. The Morgan fingerprint density at radius 2 is 2.14 bits per heavy atom. The van der Waals surface area contributed by atoms with Crippen LogP contribution in [0.25, 0.3) is 0 Å². The van der Waals surface area contributed by atoms with E-state index >= 15 is 0 Å². The van der Waals surface area contributed by atoms with Crippen molar-refractivity contribution in [1.29, 1.82) is 0 Å². The molecule has 0 aliphatic heterocycles. The van der Waals surface area contributed by atoms with Crippen molar-refractivity contribution in [3.63, 3.8) is 0 Å². The number of aliphatic hydroxyl groups is 1. The molecule has 1 aliphatic rings. The summed E-state index contributed by atoms with van der Waals surface area (Å²) in [5.74, 6) is 0.530. The largest absolute Gasteiger partial charge is 0.383 e. The molecule has 0 bridgehead atoms. The van der Waals surface area contributed by atoms with E-state index in [1.165, 1.54) is 11.0 Å². The van der Waals surface area contributed by atoms with Gasteiger partial charge in [-0.3, -0.25) is 4.98 Å². The molecule has 3 rings (SSSR count). The Bertz CT molecular complexity index is 675. The first kappa shape index (κ1) is 14.4. The lowest BCUT2D eigenvalue weighted by Crippen LogP contribution is -2.42. The number of H-pyrrole nitrogens is 1. The minimum atomic E-state index is -1.13. The van der Waals surface area contributed by atoms with Gasteiger partial charge in [0.2, 0.25) is 0 Å². The van der Waals surface area contributed by atoms with Gasteiger partial charge in [0.15, 0.2) is 0 Å². The Labute approximate surface area is 127 Å². The van der Waals surface area contributed by atoms with Crippen LogP contribution in [0.3, 0.4) is 0 Å². The molecule has 1 aromatic heterocycles. The molecule has 112 valence electrons. The number of nitrogens with zero attached hydrogens (tertiary/aromatic N) is 2. The molecule has 0 amide bonds. The first-order valence-corrected chi connectivity index (χ1v) is 7.47. The molecule has 5 nitrogen and oxygen atoms in total. The monoisotopic (exact) mass is 307 g/mol. The maximum absolute atomic E-state index is 11.7. The zero-order valence-electron chi connectivity index (χ0n) is 11.8. The summed E-state index contributed by atoms with van der Waals surface area (Å²) >= 11 is 5.93. The van der Waals surface area contributed by atoms with E-state index in [4.69, 9.17) is 11.6 Å². The molecule has 2 atom stereocenters. The smallest absolute Gasteiger partial charge is 0.343 e. The summed E-state index contributed by atoms with van der Waals surface area (Å²) < 4.78 is 1.27. The van der Waals surface area contributed by atoms with Crippen LogP contribution in [0.2, 0.25) is 5.02 Å². The molecule has 1 aliphatic carbocycles.